The van der Waals surface area contributed by atoms with Gasteiger partial charge in [0.15, 0.2) is 0 Å². The maximum atomic E-state index is 3.60. The Kier molecular flexibility index (Phi) is 2.82. The summed E-state index contributed by atoms with van der Waals surface area (Å²) in [4.78, 5) is 0. The van der Waals surface area contributed by atoms with Gasteiger partial charge in [-0.2, -0.15) is 0 Å². The molecule has 0 nitrogen and oxygen atoms in total. The highest BCUT2D eigenvalue weighted by Gasteiger charge is 1.82. The molecule has 0 amide bonds. The smallest absolute Gasteiger partial charge is 0 e. The summed E-state index contributed by atoms with van der Waals surface area (Å²) in [5.74, 6) is 0.780. The molecular weight excluding hydrogens is 72.1 g/mol. The lowest BCUT2D eigenvalue weighted by Crippen LogP contribution is -1.78. The molecule has 0 fully saturated rings. The molecule has 0 saturated carbocycles. The van der Waals surface area contributed by atoms with E-state index in [-0.39, 0.29) is 1.43 Å². The van der Waals surface area contributed by atoms with E-state index < -0.39 is 0 Å². The molecule has 0 bridgehead atoms. The standard InChI is InChI=1S/C6H12.H2/c1-4-5-6(2)3;/h4,6H,1,5H2,2-3H3;1H. The first kappa shape index (κ1) is 5.74. The van der Waals surface area contributed by atoms with Gasteiger partial charge in [-0.25, -0.2) is 0 Å². The fraction of sp³-hybridized carbons (Fsp3) is 0.667. The largest absolute Gasteiger partial charge is 0.103 e. The van der Waals surface area contributed by atoms with E-state index in [1.807, 2.05) is 6.08 Å². The van der Waals surface area contributed by atoms with Crippen LogP contribution in [0.5, 0.6) is 0 Å². The molecule has 0 aliphatic heterocycles. The molecule has 0 heteroatoms. The Morgan fingerprint density at radius 1 is 1.83 bits per heavy atom. The van der Waals surface area contributed by atoms with Crippen LogP contribution in [0.2, 0.25) is 0 Å². The Bertz CT molecular complexity index is 39.4. The minimum absolute atomic E-state index is 0. The topological polar surface area (TPSA) is 0 Å². The predicted molar refractivity (Wildman–Crippen MR) is 31.8 cm³/mol. The maximum Gasteiger partial charge on any atom is 0 e. The zero-order valence-corrected chi connectivity index (χ0v) is 4.57. The van der Waals surface area contributed by atoms with Crippen LogP contribution in [0.3, 0.4) is 0 Å². The van der Waals surface area contributed by atoms with Crippen molar-refractivity contribution in [3.63, 3.8) is 0 Å². The Morgan fingerprint density at radius 2 is 2.33 bits per heavy atom. The third-order valence-corrected chi connectivity index (χ3v) is 0.638. The van der Waals surface area contributed by atoms with Crippen LogP contribution in [0.15, 0.2) is 12.7 Å². The van der Waals surface area contributed by atoms with E-state index in [0.717, 1.165) is 12.3 Å². The van der Waals surface area contributed by atoms with Gasteiger partial charge in [0.05, 0.1) is 0 Å². The number of hydrogen-bond acceptors (Lipinski definition) is 0. The van der Waals surface area contributed by atoms with E-state index in [4.69, 9.17) is 0 Å². The minimum atomic E-state index is 0. The van der Waals surface area contributed by atoms with Gasteiger partial charge >= 0.3 is 0 Å². The van der Waals surface area contributed by atoms with Crippen molar-refractivity contribution in [1.29, 1.82) is 0 Å². The average Bonchev–Trinajstić information content (AvgIpc) is 1.35. The Morgan fingerprint density at radius 3 is 2.33 bits per heavy atom. The molecule has 0 radical (unpaired) electrons. The van der Waals surface area contributed by atoms with Crippen LogP contribution >= 0.6 is 0 Å². The molecule has 0 aliphatic carbocycles. The van der Waals surface area contributed by atoms with Crippen molar-refractivity contribution in [3.8, 4) is 0 Å². The van der Waals surface area contributed by atoms with E-state index in [0.29, 0.717) is 0 Å². The highest BCUT2D eigenvalue weighted by Crippen LogP contribution is 1.96. The third-order valence-electron chi connectivity index (χ3n) is 0.638. The first-order valence-electron chi connectivity index (χ1n) is 2.38. The van der Waals surface area contributed by atoms with Crippen molar-refractivity contribution >= 4 is 0 Å². The van der Waals surface area contributed by atoms with Gasteiger partial charge in [0.1, 0.15) is 0 Å². The van der Waals surface area contributed by atoms with Gasteiger partial charge in [-0.05, 0) is 12.3 Å². The van der Waals surface area contributed by atoms with Gasteiger partial charge in [-0.1, -0.05) is 19.9 Å². The SMILES string of the molecule is C=CCC(C)C.[HH]. The second-order valence-corrected chi connectivity index (χ2v) is 1.92. The van der Waals surface area contributed by atoms with E-state index in [2.05, 4.69) is 20.4 Å². The molecule has 0 saturated heterocycles. The van der Waals surface area contributed by atoms with Crippen molar-refractivity contribution in [1.82, 2.24) is 0 Å². The van der Waals surface area contributed by atoms with Gasteiger partial charge in [0.2, 0.25) is 0 Å². The highest BCUT2D eigenvalue weighted by atomic mass is 13.9. The first-order chi connectivity index (χ1) is 2.77. The zero-order valence-electron chi connectivity index (χ0n) is 4.57. The predicted octanol–water partition coefficient (Wildman–Crippen LogP) is 2.46. The minimum Gasteiger partial charge on any atom is -0.103 e. The summed E-state index contributed by atoms with van der Waals surface area (Å²) in [6.07, 6.45) is 3.09. The second-order valence-electron chi connectivity index (χ2n) is 1.92. The van der Waals surface area contributed by atoms with Crippen LogP contribution in [0, 0.1) is 5.92 Å². The lowest BCUT2D eigenvalue weighted by molar-refractivity contribution is 0.664. The monoisotopic (exact) mass is 86.1 g/mol. The summed E-state index contributed by atoms with van der Waals surface area (Å²) in [5.41, 5.74) is 0. The van der Waals surface area contributed by atoms with Crippen LogP contribution in [-0.4, -0.2) is 0 Å². The summed E-state index contributed by atoms with van der Waals surface area (Å²) >= 11 is 0. The Labute approximate surface area is 41.4 Å². The van der Waals surface area contributed by atoms with Crippen molar-refractivity contribution in [2.75, 3.05) is 0 Å². The Balaban J connectivity index is 0. The quantitative estimate of drug-likeness (QED) is 0.453. The first-order valence-corrected chi connectivity index (χ1v) is 2.38. The highest BCUT2D eigenvalue weighted by molar-refractivity contribution is 4.67. The van der Waals surface area contributed by atoms with E-state index >= 15 is 0 Å². The third kappa shape index (κ3) is 3.74. The fourth-order valence-corrected chi connectivity index (χ4v) is 0.333. The maximum absolute atomic E-state index is 3.60. The summed E-state index contributed by atoms with van der Waals surface area (Å²) in [5, 5.41) is 0. The van der Waals surface area contributed by atoms with Crippen molar-refractivity contribution in [2.45, 2.75) is 20.3 Å². The van der Waals surface area contributed by atoms with Gasteiger partial charge < -0.3 is 0 Å². The van der Waals surface area contributed by atoms with Crippen LogP contribution in [-0.2, 0) is 0 Å². The van der Waals surface area contributed by atoms with Crippen LogP contribution < -0.4 is 0 Å². The van der Waals surface area contributed by atoms with Crippen LogP contribution in [0.25, 0.3) is 0 Å². The van der Waals surface area contributed by atoms with Crippen molar-refractivity contribution < 1.29 is 1.43 Å². The normalized spacial score (nSPS) is 9.17. The van der Waals surface area contributed by atoms with Gasteiger partial charge in [-0.15, -0.1) is 6.58 Å². The molecule has 0 aromatic heterocycles. The number of hydrogen-bond donors (Lipinski definition) is 0. The van der Waals surface area contributed by atoms with E-state index in [1.165, 1.54) is 0 Å². The molecule has 0 heterocycles. The molecule has 38 valence electrons. The Hall–Kier alpha value is -0.260. The van der Waals surface area contributed by atoms with E-state index in [9.17, 15) is 0 Å². The lowest BCUT2D eigenvalue weighted by Gasteiger charge is -1.92. The lowest BCUT2D eigenvalue weighted by atomic mass is 10.1. The number of rotatable bonds is 2. The molecule has 0 unspecified atom stereocenters. The molecule has 6 heavy (non-hydrogen) atoms. The molecule has 0 N–H and O–H groups in total. The average molecular weight is 86.2 g/mol. The van der Waals surface area contributed by atoms with Crippen molar-refractivity contribution in [3.05, 3.63) is 12.7 Å². The summed E-state index contributed by atoms with van der Waals surface area (Å²) < 4.78 is 0. The van der Waals surface area contributed by atoms with Crippen LogP contribution in [0.4, 0.5) is 0 Å². The van der Waals surface area contributed by atoms with E-state index in [1.54, 1.807) is 0 Å². The zero-order chi connectivity index (χ0) is 4.99. The summed E-state index contributed by atoms with van der Waals surface area (Å²) in [6.45, 7) is 7.97. The molecule has 0 rings (SSSR count). The molecule has 0 aromatic carbocycles. The van der Waals surface area contributed by atoms with Crippen molar-refractivity contribution in [2.24, 2.45) is 5.92 Å². The molecule has 0 atom stereocenters. The number of allylic oxidation sites excluding steroid dienone is 1. The fourth-order valence-electron chi connectivity index (χ4n) is 0.333. The molecule has 0 spiro atoms. The van der Waals surface area contributed by atoms with Gasteiger partial charge in [0, 0.05) is 1.43 Å². The van der Waals surface area contributed by atoms with Crippen LogP contribution in [0.1, 0.15) is 21.7 Å². The second kappa shape index (κ2) is 2.95. The van der Waals surface area contributed by atoms with Gasteiger partial charge in [0.25, 0.3) is 0 Å². The molecular formula is C6H14. The molecule has 0 aromatic rings. The van der Waals surface area contributed by atoms with Gasteiger partial charge in [-0.3, -0.25) is 0 Å². The summed E-state index contributed by atoms with van der Waals surface area (Å²) in [7, 11) is 0. The molecule has 0 aliphatic rings. The summed E-state index contributed by atoms with van der Waals surface area (Å²) in [6, 6.07) is 0.